The highest BCUT2D eigenvalue weighted by Crippen LogP contribution is 2.43. The number of ether oxygens (including phenoxy) is 2. The van der Waals surface area contributed by atoms with Crippen LogP contribution in [0.1, 0.15) is 45.4 Å². The average Bonchev–Trinajstić information content (AvgIpc) is 2.75. The van der Waals surface area contributed by atoms with Crippen LogP contribution in [0.15, 0.2) is 0 Å². The summed E-state index contributed by atoms with van der Waals surface area (Å²) in [7, 11) is 0. The highest BCUT2D eigenvalue weighted by Gasteiger charge is 2.48. The molecule has 2 atom stereocenters. The smallest absolute Gasteiger partial charge is 0.309 e. The van der Waals surface area contributed by atoms with Crippen LogP contribution in [0.3, 0.4) is 0 Å². The van der Waals surface area contributed by atoms with E-state index in [0.717, 1.165) is 51.7 Å². The van der Waals surface area contributed by atoms with Gasteiger partial charge in [0.05, 0.1) is 17.6 Å². The fraction of sp³-hybridized carbons (Fsp3) is 0.923. The topological polar surface area (TPSA) is 55.8 Å². The van der Waals surface area contributed by atoms with Gasteiger partial charge in [-0.3, -0.25) is 4.79 Å². The van der Waals surface area contributed by atoms with Gasteiger partial charge in [0.2, 0.25) is 0 Å². The molecule has 0 aromatic rings. The Labute approximate surface area is 102 Å². The van der Waals surface area contributed by atoms with E-state index in [0.29, 0.717) is 0 Å². The molecular weight excluding hydrogens is 220 g/mol. The van der Waals surface area contributed by atoms with Crippen LogP contribution in [0, 0.1) is 5.92 Å². The van der Waals surface area contributed by atoms with E-state index in [-0.39, 0.29) is 12.0 Å². The fourth-order valence-electron chi connectivity index (χ4n) is 3.16. The van der Waals surface area contributed by atoms with Gasteiger partial charge in [-0.25, -0.2) is 0 Å². The van der Waals surface area contributed by atoms with Crippen molar-refractivity contribution in [2.45, 2.75) is 57.2 Å². The van der Waals surface area contributed by atoms with E-state index in [9.17, 15) is 9.90 Å². The Kier molecular flexibility index (Phi) is 4.05. The van der Waals surface area contributed by atoms with Crippen LogP contribution in [0.4, 0.5) is 0 Å². The van der Waals surface area contributed by atoms with Crippen LogP contribution >= 0.6 is 0 Å². The largest absolute Gasteiger partial charge is 0.481 e. The van der Waals surface area contributed by atoms with E-state index in [1.54, 1.807) is 0 Å². The Balaban J connectivity index is 2.04. The first-order valence-electron chi connectivity index (χ1n) is 6.66. The van der Waals surface area contributed by atoms with E-state index < -0.39 is 11.6 Å². The van der Waals surface area contributed by atoms with Gasteiger partial charge in [-0.05, 0) is 38.5 Å². The maximum absolute atomic E-state index is 11.3. The van der Waals surface area contributed by atoms with Crippen molar-refractivity contribution in [3.63, 3.8) is 0 Å². The third-order valence-electron chi connectivity index (χ3n) is 4.19. The zero-order chi connectivity index (χ0) is 12.3. The lowest BCUT2D eigenvalue weighted by atomic mass is 9.87. The van der Waals surface area contributed by atoms with Crippen molar-refractivity contribution in [3.05, 3.63) is 0 Å². The maximum atomic E-state index is 11.3. The molecule has 1 heterocycles. The van der Waals surface area contributed by atoms with Crippen LogP contribution in [-0.2, 0) is 14.3 Å². The number of carboxylic acid groups (broad SMARTS) is 1. The molecule has 1 aliphatic heterocycles. The number of hydrogen-bond donors (Lipinski definition) is 1. The molecule has 0 aromatic heterocycles. The lowest BCUT2D eigenvalue weighted by Crippen LogP contribution is -2.44. The third kappa shape index (κ3) is 2.63. The number of carboxylic acids is 1. The number of hydrogen-bond acceptors (Lipinski definition) is 3. The van der Waals surface area contributed by atoms with Crippen molar-refractivity contribution in [1.29, 1.82) is 0 Å². The first-order valence-corrected chi connectivity index (χ1v) is 6.66. The Morgan fingerprint density at radius 2 is 2.12 bits per heavy atom. The molecule has 2 rings (SSSR count). The molecule has 98 valence electrons. The molecule has 2 aliphatic rings. The van der Waals surface area contributed by atoms with Crippen LogP contribution < -0.4 is 0 Å². The summed E-state index contributed by atoms with van der Waals surface area (Å²) in [5, 5.41) is 9.30. The molecule has 0 aromatic carbocycles. The molecule has 1 aliphatic carbocycles. The first kappa shape index (κ1) is 12.8. The second kappa shape index (κ2) is 5.36. The Morgan fingerprint density at radius 1 is 1.41 bits per heavy atom. The monoisotopic (exact) mass is 242 g/mol. The summed E-state index contributed by atoms with van der Waals surface area (Å²) in [6.07, 6.45) is 5.38. The van der Waals surface area contributed by atoms with Crippen molar-refractivity contribution >= 4 is 5.97 Å². The molecule has 1 N–H and O–H groups in total. The molecule has 0 bridgehead atoms. The van der Waals surface area contributed by atoms with Crippen LogP contribution in [0.2, 0.25) is 0 Å². The van der Waals surface area contributed by atoms with Crippen LogP contribution in [0.5, 0.6) is 0 Å². The van der Waals surface area contributed by atoms with E-state index in [1.807, 2.05) is 6.92 Å². The van der Waals surface area contributed by atoms with Crippen molar-refractivity contribution in [1.82, 2.24) is 0 Å². The molecule has 0 spiro atoms. The summed E-state index contributed by atoms with van der Waals surface area (Å²) in [4.78, 5) is 11.3. The summed E-state index contributed by atoms with van der Waals surface area (Å²) in [5.74, 6) is -1.02. The second-order valence-corrected chi connectivity index (χ2v) is 5.13. The number of rotatable bonds is 4. The molecule has 4 nitrogen and oxygen atoms in total. The summed E-state index contributed by atoms with van der Waals surface area (Å²) in [6, 6.07) is 0. The third-order valence-corrected chi connectivity index (χ3v) is 4.19. The van der Waals surface area contributed by atoms with Gasteiger partial charge in [-0.15, -0.1) is 0 Å². The summed E-state index contributed by atoms with van der Waals surface area (Å²) in [6.45, 7) is 3.52. The average molecular weight is 242 g/mol. The molecule has 0 radical (unpaired) electrons. The predicted octanol–water partition coefficient (Wildman–Crippen LogP) is 2.22. The summed E-state index contributed by atoms with van der Waals surface area (Å²) in [5.41, 5.74) is -0.423. The molecule has 2 fully saturated rings. The molecule has 1 saturated heterocycles. The minimum absolute atomic E-state index is 0.184. The van der Waals surface area contributed by atoms with Gasteiger partial charge < -0.3 is 14.6 Å². The van der Waals surface area contributed by atoms with Crippen molar-refractivity contribution < 1.29 is 19.4 Å². The van der Waals surface area contributed by atoms with Crippen molar-refractivity contribution in [3.8, 4) is 0 Å². The van der Waals surface area contributed by atoms with Gasteiger partial charge in [0.25, 0.3) is 0 Å². The van der Waals surface area contributed by atoms with Crippen molar-refractivity contribution in [2.75, 3.05) is 13.2 Å². The standard InChI is InChI=1S/C13H22O4/c1-2-13(7-3-4-11(13)12(14)15)17-10-5-8-16-9-6-10/h10-11H,2-9H2,1H3,(H,14,15). The SMILES string of the molecule is CCC1(OC2CCOCC2)CCCC1C(=O)O. The highest BCUT2D eigenvalue weighted by molar-refractivity contribution is 5.72. The minimum Gasteiger partial charge on any atom is -0.481 e. The van der Waals surface area contributed by atoms with Gasteiger partial charge in [0, 0.05) is 13.2 Å². The van der Waals surface area contributed by atoms with Crippen LogP contribution in [-0.4, -0.2) is 36.0 Å². The quantitative estimate of drug-likeness (QED) is 0.821. The summed E-state index contributed by atoms with van der Waals surface area (Å²) >= 11 is 0. The molecule has 0 amide bonds. The lowest BCUT2D eigenvalue weighted by molar-refractivity contribution is -0.170. The molecule has 1 saturated carbocycles. The Bertz CT molecular complexity index is 273. The highest BCUT2D eigenvalue weighted by atomic mass is 16.5. The first-order chi connectivity index (χ1) is 8.18. The maximum Gasteiger partial charge on any atom is 0.309 e. The van der Waals surface area contributed by atoms with Crippen LogP contribution in [0.25, 0.3) is 0 Å². The van der Waals surface area contributed by atoms with Gasteiger partial charge >= 0.3 is 5.97 Å². The number of aliphatic carboxylic acids is 1. The molecule has 17 heavy (non-hydrogen) atoms. The predicted molar refractivity (Wildman–Crippen MR) is 62.9 cm³/mol. The Morgan fingerprint density at radius 3 is 2.71 bits per heavy atom. The minimum atomic E-state index is -0.698. The second-order valence-electron chi connectivity index (χ2n) is 5.13. The lowest BCUT2D eigenvalue weighted by Gasteiger charge is -2.37. The van der Waals surface area contributed by atoms with E-state index in [4.69, 9.17) is 9.47 Å². The van der Waals surface area contributed by atoms with E-state index in [2.05, 4.69) is 0 Å². The Hall–Kier alpha value is -0.610. The van der Waals surface area contributed by atoms with Gasteiger partial charge in [-0.1, -0.05) is 6.92 Å². The van der Waals surface area contributed by atoms with E-state index in [1.165, 1.54) is 0 Å². The van der Waals surface area contributed by atoms with Gasteiger partial charge in [0.15, 0.2) is 0 Å². The van der Waals surface area contributed by atoms with E-state index >= 15 is 0 Å². The molecule has 4 heteroatoms. The zero-order valence-corrected chi connectivity index (χ0v) is 10.5. The summed E-state index contributed by atoms with van der Waals surface area (Å²) < 4.78 is 11.5. The van der Waals surface area contributed by atoms with Gasteiger partial charge in [-0.2, -0.15) is 0 Å². The zero-order valence-electron chi connectivity index (χ0n) is 10.5. The van der Waals surface area contributed by atoms with Gasteiger partial charge in [0.1, 0.15) is 0 Å². The molecule has 2 unspecified atom stereocenters. The fourth-order valence-corrected chi connectivity index (χ4v) is 3.16. The van der Waals surface area contributed by atoms with Crippen molar-refractivity contribution in [2.24, 2.45) is 5.92 Å². The number of carbonyl (C=O) groups is 1. The normalized spacial score (nSPS) is 35.0. The molecular formula is C13H22O4.